The molecular formula is C12H18BrNOS. The van der Waals surface area contributed by atoms with Gasteiger partial charge in [-0.05, 0) is 53.7 Å². The average molecular weight is 304 g/mol. The molecule has 0 bridgehead atoms. The van der Waals surface area contributed by atoms with E-state index in [1.54, 1.807) is 0 Å². The second-order valence-electron chi connectivity index (χ2n) is 4.32. The third kappa shape index (κ3) is 3.55. The zero-order chi connectivity index (χ0) is 11.4. The van der Waals surface area contributed by atoms with Crippen LogP contribution in [-0.4, -0.2) is 25.8 Å². The van der Waals surface area contributed by atoms with Crippen molar-refractivity contribution in [2.45, 2.75) is 25.8 Å². The highest BCUT2D eigenvalue weighted by molar-refractivity contribution is 9.11. The van der Waals surface area contributed by atoms with Crippen molar-refractivity contribution in [1.82, 2.24) is 5.32 Å². The summed E-state index contributed by atoms with van der Waals surface area (Å²) in [5.74, 6) is 0.704. The van der Waals surface area contributed by atoms with Crippen molar-refractivity contribution in [2.75, 3.05) is 19.8 Å². The number of ether oxygens (including phenoxy) is 1. The van der Waals surface area contributed by atoms with E-state index in [0.717, 1.165) is 26.2 Å². The first kappa shape index (κ1) is 12.6. The molecule has 1 saturated heterocycles. The predicted octanol–water partition coefficient (Wildman–Crippen LogP) is 3.07. The third-order valence-electron chi connectivity index (χ3n) is 3.14. The fourth-order valence-corrected chi connectivity index (χ4v) is 3.51. The van der Waals surface area contributed by atoms with E-state index in [9.17, 15) is 0 Å². The second-order valence-corrected chi connectivity index (χ2v) is 6.87. The Hall–Kier alpha value is 0.1000. The van der Waals surface area contributed by atoms with E-state index in [-0.39, 0.29) is 0 Å². The minimum absolute atomic E-state index is 0.575. The van der Waals surface area contributed by atoms with E-state index in [4.69, 9.17) is 4.74 Å². The van der Waals surface area contributed by atoms with Crippen LogP contribution in [0.5, 0.6) is 0 Å². The van der Waals surface area contributed by atoms with Crippen molar-refractivity contribution >= 4 is 27.3 Å². The molecule has 1 aliphatic heterocycles. The fraction of sp³-hybridized carbons (Fsp3) is 0.667. The van der Waals surface area contributed by atoms with Crippen LogP contribution in [0.3, 0.4) is 0 Å². The molecule has 1 fully saturated rings. The van der Waals surface area contributed by atoms with Crippen molar-refractivity contribution in [2.24, 2.45) is 5.92 Å². The Morgan fingerprint density at radius 3 is 3.12 bits per heavy atom. The quantitative estimate of drug-likeness (QED) is 0.902. The molecule has 1 aliphatic rings. The molecule has 90 valence electrons. The topological polar surface area (TPSA) is 21.3 Å². The van der Waals surface area contributed by atoms with Gasteiger partial charge >= 0.3 is 0 Å². The summed E-state index contributed by atoms with van der Waals surface area (Å²) in [5, 5.41) is 3.59. The summed E-state index contributed by atoms with van der Waals surface area (Å²) >= 11 is 5.31. The number of hydrogen-bond acceptors (Lipinski definition) is 3. The van der Waals surface area contributed by atoms with E-state index < -0.39 is 0 Å². The van der Waals surface area contributed by atoms with E-state index in [1.165, 1.54) is 15.1 Å². The highest BCUT2D eigenvalue weighted by Crippen LogP contribution is 2.22. The van der Waals surface area contributed by atoms with E-state index >= 15 is 0 Å². The van der Waals surface area contributed by atoms with Crippen molar-refractivity contribution in [1.29, 1.82) is 0 Å². The maximum absolute atomic E-state index is 5.40. The number of rotatable bonds is 5. The molecule has 0 aliphatic carbocycles. The summed E-state index contributed by atoms with van der Waals surface area (Å²) in [6, 6.07) is 4.89. The zero-order valence-corrected chi connectivity index (χ0v) is 11.9. The summed E-state index contributed by atoms with van der Waals surface area (Å²) in [4.78, 5) is 1.44. The lowest BCUT2D eigenvalue weighted by atomic mass is 10.0. The monoisotopic (exact) mass is 303 g/mol. The minimum Gasteiger partial charge on any atom is -0.381 e. The van der Waals surface area contributed by atoms with Crippen molar-refractivity contribution in [3.05, 3.63) is 20.8 Å². The molecule has 16 heavy (non-hydrogen) atoms. The predicted molar refractivity (Wildman–Crippen MR) is 72.1 cm³/mol. The van der Waals surface area contributed by atoms with Crippen LogP contribution in [0.4, 0.5) is 0 Å². The molecule has 0 aromatic carbocycles. The van der Waals surface area contributed by atoms with Gasteiger partial charge in [-0.2, -0.15) is 0 Å². The molecule has 2 nitrogen and oxygen atoms in total. The summed E-state index contributed by atoms with van der Waals surface area (Å²) in [7, 11) is 0. The van der Waals surface area contributed by atoms with Crippen molar-refractivity contribution < 1.29 is 4.74 Å². The summed E-state index contributed by atoms with van der Waals surface area (Å²) in [6.45, 7) is 5.20. The van der Waals surface area contributed by atoms with Crippen LogP contribution in [0.25, 0.3) is 0 Å². The number of nitrogens with one attached hydrogen (secondary N) is 1. The molecule has 2 unspecified atom stereocenters. The number of hydrogen-bond donors (Lipinski definition) is 1. The lowest BCUT2D eigenvalue weighted by molar-refractivity contribution is 0.178. The lowest BCUT2D eigenvalue weighted by Gasteiger charge is -2.18. The maximum Gasteiger partial charge on any atom is 0.0701 e. The first-order valence-electron chi connectivity index (χ1n) is 5.81. The minimum atomic E-state index is 0.575. The van der Waals surface area contributed by atoms with Crippen LogP contribution >= 0.6 is 27.3 Å². The van der Waals surface area contributed by atoms with Crippen LogP contribution in [0.1, 0.15) is 18.2 Å². The summed E-state index contributed by atoms with van der Waals surface area (Å²) < 4.78 is 6.62. The average Bonchev–Trinajstić information content (AvgIpc) is 2.89. The first-order chi connectivity index (χ1) is 7.75. The van der Waals surface area contributed by atoms with Crippen LogP contribution in [0.15, 0.2) is 15.9 Å². The van der Waals surface area contributed by atoms with Crippen LogP contribution in [0, 0.1) is 5.92 Å². The standard InChI is InChI=1S/C12H18BrNOS/c1-9(10-5-7-15-8-10)14-6-4-11-2-3-12(13)16-11/h2-3,9-10,14H,4-8H2,1H3. The molecule has 2 rings (SSSR count). The highest BCUT2D eigenvalue weighted by atomic mass is 79.9. The van der Waals surface area contributed by atoms with Crippen LogP contribution in [-0.2, 0) is 11.2 Å². The van der Waals surface area contributed by atoms with Gasteiger partial charge in [-0.1, -0.05) is 0 Å². The molecule has 0 spiro atoms. The SMILES string of the molecule is CC(NCCc1ccc(Br)s1)C1CCOC1. The van der Waals surface area contributed by atoms with E-state index in [1.807, 2.05) is 11.3 Å². The van der Waals surface area contributed by atoms with Crippen LogP contribution in [0.2, 0.25) is 0 Å². The van der Waals surface area contributed by atoms with Gasteiger partial charge in [0.25, 0.3) is 0 Å². The zero-order valence-electron chi connectivity index (χ0n) is 9.54. The fourth-order valence-electron chi connectivity index (χ4n) is 2.02. The van der Waals surface area contributed by atoms with Gasteiger partial charge in [0.2, 0.25) is 0 Å². The van der Waals surface area contributed by atoms with Crippen molar-refractivity contribution in [3.8, 4) is 0 Å². The Morgan fingerprint density at radius 1 is 1.62 bits per heavy atom. The van der Waals surface area contributed by atoms with Gasteiger partial charge in [-0.15, -0.1) is 11.3 Å². The Balaban J connectivity index is 1.67. The molecule has 0 amide bonds. The van der Waals surface area contributed by atoms with Crippen molar-refractivity contribution in [3.63, 3.8) is 0 Å². The largest absolute Gasteiger partial charge is 0.381 e. The summed E-state index contributed by atoms with van der Waals surface area (Å²) in [5.41, 5.74) is 0. The van der Waals surface area contributed by atoms with E-state index in [0.29, 0.717) is 12.0 Å². The molecule has 1 aromatic heterocycles. The molecular weight excluding hydrogens is 286 g/mol. The van der Waals surface area contributed by atoms with Gasteiger partial charge in [0.05, 0.1) is 10.4 Å². The number of thiophene rings is 1. The molecule has 0 saturated carbocycles. The van der Waals surface area contributed by atoms with Gasteiger partial charge < -0.3 is 10.1 Å². The molecule has 2 heterocycles. The molecule has 4 heteroatoms. The molecule has 2 atom stereocenters. The Morgan fingerprint density at radius 2 is 2.50 bits per heavy atom. The first-order valence-corrected chi connectivity index (χ1v) is 7.42. The van der Waals surface area contributed by atoms with Crippen LogP contribution < -0.4 is 5.32 Å². The van der Waals surface area contributed by atoms with Gasteiger partial charge in [-0.25, -0.2) is 0 Å². The third-order valence-corrected chi connectivity index (χ3v) is 4.82. The van der Waals surface area contributed by atoms with Gasteiger partial charge in [-0.3, -0.25) is 0 Å². The lowest BCUT2D eigenvalue weighted by Crippen LogP contribution is -2.35. The molecule has 0 radical (unpaired) electrons. The van der Waals surface area contributed by atoms with Gasteiger partial charge in [0.15, 0.2) is 0 Å². The Bertz CT molecular complexity index is 323. The Labute approximate surface area is 110 Å². The van der Waals surface area contributed by atoms with E-state index in [2.05, 4.69) is 40.3 Å². The highest BCUT2D eigenvalue weighted by Gasteiger charge is 2.21. The molecule has 1 N–H and O–H groups in total. The Kier molecular flexibility index (Phi) is 4.82. The second kappa shape index (κ2) is 6.15. The normalized spacial score (nSPS) is 22.5. The number of halogens is 1. The van der Waals surface area contributed by atoms with Gasteiger partial charge in [0.1, 0.15) is 0 Å². The smallest absolute Gasteiger partial charge is 0.0701 e. The van der Waals surface area contributed by atoms with Gasteiger partial charge in [0, 0.05) is 24.1 Å². The maximum atomic E-state index is 5.40. The summed E-state index contributed by atoms with van der Waals surface area (Å²) in [6.07, 6.45) is 2.33. The molecule has 1 aromatic rings.